The largest absolute Gasteiger partial charge is 0.481 e. The molecule has 148 valence electrons. The number of sulfonamides is 1. The molecule has 1 aliphatic heterocycles. The molecule has 1 atom stereocenters. The standard InChI is InChI=1S/C19H20N2O6S/c22-18(23)12-16-13-21(10-11-27-16)19(24)14-6-8-15(9-7-14)20-28(25,26)17-4-2-1-3-5-17/h1-9,16,20H,10-13H2,(H,22,23). The molecule has 2 aromatic carbocycles. The van der Waals surface area contributed by atoms with Gasteiger partial charge in [-0.15, -0.1) is 0 Å². The predicted molar refractivity (Wildman–Crippen MR) is 102 cm³/mol. The first-order valence-electron chi connectivity index (χ1n) is 8.66. The van der Waals surface area contributed by atoms with Crippen molar-refractivity contribution in [3.63, 3.8) is 0 Å². The summed E-state index contributed by atoms with van der Waals surface area (Å²) in [5.41, 5.74) is 0.727. The van der Waals surface area contributed by atoms with Crippen LogP contribution in [0.4, 0.5) is 5.69 Å². The third-order valence-corrected chi connectivity index (χ3v) is 5.66. The summed E-state index contributed by atoms with van der Waals surface area (Å²) in [6.45, 7) is 0.851. The average molecular weight is 404 g/mol. The van der Waals surface area contributed by atoms with Crippen molar-refractivity contribution in [1.82, 2.24) is 4.90 Å². The number of benzene rings is 2. The number of ether oxygens (including phenoxy) is 1. The number of aliphatic carboxylic acids is 1. The van der Waals surface area contributed by atoms with Crippen molar-refractivity contribution in [1.29, 1.82) is 0 Å². The molecule has 28 heavy (non-hydrogen) atoms. The van der Waals surface area contributed by atoms with Crippen molar-refractivity contribution in [3.8, 4) is 0 Å². The van der Waals surface area contributed by atoms with Gasteiger partial charge in [0.2, 0.25) is 0 Å². The third kappa shape index (κ3) is 4.87. The van der Waals surface area contributed by atoms with E-state index in [1.165, 1.54) is 36.4 Å². The highest BCUT2D eigenvalue weighted by atomic mass is 32.2. The molecule has 1 aliphatic rings. The number of anilines is 1. The molecular weight excluding hydrogens is 384 g/mol. The Balaban J connectivity index is 1.67. The molecule has 0 aliphatic carbocycles. The van der Waals surface area contributed by atoms with Gasteiger partial charge in [0.25, 0.3) is 15.9 Å². The van der Waals surface area contributed by atoms with Gasteiger partial charge in [0, 0.05) is 24.3 Å². The molecule has 3 rings (SSSR count). The second kappa shape index (κ2) is 8.41. The highest BCUT2D eigenvalue weighted by molar-refractivity contribution is 7.92. The monoisotopic (exact) mass is 404 g/mol. The van der Waals surface area contributed by atoms with E-state index in [1.807, 2.05) is 0 Å². The van der Waals surface area contributed by atoms with E-state index in [0.29, 0.717) is 17.8 Å². The first-order valence-corrected chi connectivity index (χ1v) is 10.1. The lowest BCUT2D eigenvalue weighted by atomic mass is 10.1. The lowest BCUT2D eigenvalue weighted by Gasteiger charge is -2.32. The van der Waals surface area contributed by atoms with Gasteiger partial charge in [0.1, 0.15) is 0 Å². The van der Waals surface area contributed by atoms with Crippen LogP contribution in [0.15, 0.2) is 59.5 Å². The van der Waals surface area contributed by atoms with Crippen LogP contribution in [0.25, 0.3) is 0 Å². The topological polar surface area (TPSA) is 113 Å². The minimum atomic E-state index is -3.70. The van der Waals surface area contributed by atoms with Crippen molar-refractivity contribution >= 4 is 27.6 Å². The smallest absolute Gasteiger partial charge is 0.306 e. The molecule has 2 N–H and O–H groups in total. The van der Waals surface area contributed by atoms with Crippen molar-refractivity contribution in [2.75, 3.05) is 24.4 Å². The average Bonchev–Trinajstić information content (AvgIpc) is 2.68. The van der Waals surface area contributed by atoms with Crippen LogP contribution < -0.4 is 4.72 Å². The SMILES string of the molecule is O=C(O)CC1CN(C(=O)c2ccc(NS(=O)(=O)c3ccccc3)cc2)CCO1. The van der Waals surface area contributed by atoms with Crippen molar-refractivity contribution in [2.45, 2.75) is 17.4 Å². The van der Waals surface area contributed by atoms with E-state index in [2.05, 4.69) is 4.72 Å². The first-order chi connectivity index (χ1) is 13.3. The Hall–Kier alpha value is -2.91. The van der Waals surface area contributed by atoms with Gasteiger partial charge in [0.05, 0.1) is 24.0 Å². The Morgan fingerprint density at radius 1 is 1.11 bits per heavy atom. The van der Waals surface area contributed by atoms with Crippen LogP contribution in [0.2, 0.25) is 0 Å². The maximum atomic E-state index is 12.6. The Morgan fingerprint density at radius 3 is 2.43 bits per heavy atom. The van der Waals surface area contributed by atoms with E-state index in [1.54, 1.807) is 23.1 Å². The van der Waals surface area contributed by atoms with E-state index in [9.17, 15) is 18.0 Å². The van der Waals surface area contributed by atoms with E-state index in [4.69, 9.17) is 9.84 Å². The molecule has 9 heteroatoms. The molecule has 0 aromatic heterocycles. The number of morpholine rings is 1. The van der Waals surface area contributed by atoms with Gasteiger partial charge in [-0.05, 0) is 36.4 Å². The molecule has 0 spiro atoms. The Bertz CT molecular complexity index is 944. The van der Waals surface area contributed by atoms with Gasteiger partial charge in [-0.1, -0.05) is 18.2 Å². The maximum Gasteiger partial charge on any atom is 0.306 e. The minimum Gasteiger partial charge on any atom is -0.481 e. The fraction of sp³-hybridized carbons (Fsp3) is 0.263. The van der Waals surface area contributed by atoms with Gasteiger partial charge in [-0.2, -0.15) is 0 Å². The van der Waals surface area contributed by atoms with E-state index >= 15 is 0 Å². The summed E-state index contributed by atoms with van der Waals surface area (Å²) in [6, 6.07) is 14.1. The lowest BCUT2D eigenvalue weighted by molar-refractivity contribution is -0.141. The molecule has 1 amide bonds. The molecule has 1 fully saturated rings. The summed E-state index contributed by atoms with van der Waals surface area (Å²) in [7, 11) is -3.70. The first kappa shape index (κ1) is 19.8. The van der Waals surface area contributed by atoms with Crippen molar-refractivity contribution in [3.05, 3.63) is 60.2 Å². The maximum absolute atomic E-state index is 12.6. The number of hydrogen-bond acceptors (Lipinski definition) is 5. The van der Waals surface area contributed by atoms with Crippen LogP contribution in [0.1, 0.15) is 16.8 Å². The predicted octanol–water partition coefficient (Wildman–Crippen LogP) is 1.80. The molecule has 0 bridgehead atoms. The second-order valence-electron chi connectivity index (χ2n) is 6.34. The summed E-state index contributed by atoms with van der Waals surface area (Å²) in [5, 5.41) is 8.87. The number of carbonyl (C=O) groups is 2. The summed E-state index contributed by atoms with van der Waals surface area (Å²) < 4.78 is 32.5. The Labute approximate surface area is 162 Å². The molecular formula is C19H20N2O6S. The van der Waals surface area contributed by atoms with Crippen LogP contribution in [0.5, 0.6) is 0 Å². The summed E-state index contributed by atoms with van der Waals surface area (Å²) >= 11 is 0. The number of nitrogens with zero attached hydrogens (tertiary/aromatic N) is 1. The molecule has 1 heterocycles. The molecule has 2 aromatic rings. The molecule has 1 unspecified atom stereocenters. The number of nitrogens with one attached hydrogen (secondary N) is 1. The van der Waals surface area contributed by atoms with E-state index < -0.39 is 22.1 Å². The van der Waals surface area contributed by atoms with E-state index in [-0.39, 0.29) is 30.4 Å². The zero-order chi connectivity index (χ0) is 20.1. The highest BCUT2D eigenvalue weighted by Gasteiger charge is 2.26. The van der Waals surface area contributed by atoms with Crippen molar-refractivity contribution < 1.29 is 27.9 Å². The van der Waals surface area contributed by atoms with Crippen LogP contribution in [-0.4, -0.2) is 56.1 Å². The number of amides is 1. The van der Waals surface area contributed by atoms with Gasteiger partial charge in [0.15, 0.2) is 0 Å². The molecule has 8 nitrogen and oxygen atoms in total. The zero-order valence-electron chi connectivity index (χ0n) is 14.9. The Morgan fingerprint density at radius 2 is 1.79 bits per heavy atom. The van der Waals surface area contributed by atoms with Crippen LogP contribution >= 0.6 is 0 Å². The second-order valence-corrected chi connectivity index (χ2v) is 8.02. The fourth-order valence-electron chi connectivity index (χ4n) is 2.90. The number of hydrogen-bond donors (Lipinski definition) is 2. The number of rotatable bonds is 6. The lowest BCUT2D eigenvalue weighted by Crippen LogP contribution is -2.46. The fourth-order valence-corrected chi connectivity index (χ4v) is 3.98. The van der Waals surface area contributed by atoms with Gasteiger partial charge in [-0.25, -0.2) is 8.42 Å². The van der Waals surface area contributed by atoms with Crippen LogP contribution in [0.3, 0.4) is 0 Å². The summed E-state index contributed by atoms with van der Waals surface area (Å²) in [4.78, 5) is 25.2. The molecule has 0 radical (unpaired) electrons. The van der Waals surface area contributed by atoms with Gasteiger partial charge >= 0.3 is 5.97 Å². The van der Waals surface area contributed by atoms with E-state index in [0.717, 1.165) is 0 Å². The van der Waals surface area contributed by atoms with Gasteiger partial charge in [-0.3, -0.25) is 14.3 Å². The number of carbonyl (C=O) groups excluding carboxylic acids is 1. The van der Waals surface area contributed by atoms with Crippen LogP contribution in [0, 0.1) is 0 Å². The molecule has 1 saturated heterocycles. The van der Waals surface area contributed by atoms with Gasteiger partial charge < -0.3 is 14.7 Å². The number of carboxylic acids is 1. The number of carboxylic acid groups (broad SMARTS) is 1. The highest BCUT2D eigenvalue weighted by Crippen LogP contribution is 2.18. The molecule has 0 saturated carbocycles. The Kier molecular flexibility index (Phi) is 5.96. The summed E-state index contributed by atoms with van der Waals surface area (Å²) in [5.74, 6) is -1.23. The minimum absolute atomic E-state index is 0.146. The quantitative estimate of drug-likeness (QED) is 0.759. The normalized spacial score (nSPS) is 17.1. The van der Waals surface area contributed by atoms with Crippen molar-refractivity contribution in [2.24, 2.45) is 0 Å². The third-order valence-electron chi connectivity index (χ3n) is 4.27. The zero-order valence-corrected chi connectivity index (χ0v) is 15.8. The summed E-state index contributed by atoms with van der Waals surface area (Å²) in [6.07, 6.45) is -0.698. The van der Waals surface area contributed by atoms with Crippen LogP contribution in [-0.2, 0) is 19.6 Å².